The molecule has 6 nitrogen and oxygen atoms in total. The Morgan fingerprint density at radius 1 is 1.47 bits per heavy atom. The summed E-state index contributed by atoms with van der Waals surface area (Å²) in [6, 6.07) is 0. The molecular formula is C12H22N4O2S. The third-order valence-corrected chi connectivity index (χ3v) is 3.10. The number of nitrogens with one attached hydrogen (secondary N) is 1. The van der Waals surface area contributed by atoms with Crippen LogP contribution in [-0.2, 0) is 4.74 Å². The second kappa shape index (κ2) is 6.70. The van der Waals surface area contributed by atoms with Crippen molar-refractivity contribution in [3.05, 3.63) is 5.82 Å². The monoisotopic (exact) mass is 286 g/mol. The van der Waals surface area contributed by atoms with Gasteiger partial charge in [0.25, 0.3) is 0 Å². The van der Waals surface area contributed by atoms with Gasteiger partial charge in [-0.15, -0.1) is 0 Å². The van der Waals surface area contributed by atoms with Gasteiger partial charge in [-0.3, -0.25) is 0 Å². The number of hydrogen-bond donors (Lipinski definition) is 1. The van der Waals surface area contributed by atoms with E-state index in [-0.39, 0.29) is 6.09 Å². The van der Waals surface area contributed by atoms with Crippen LogP contribution in [0.1, 0.15) is 33.0 Å². The first-order chi connectivity index (χ1) is 8.78. The number of ether oxygens (including phenoxy) is 1. The van der Waals surface area contributed by atoms with Crippen LogP contribution in [0.3, 0.4) is 0 Å². The lowest BCUT2D eigenvalue weighted by molar-refractivity contribution is 0.0527. The van der Waals surface area contributed by atoms with Crippen molar-refractivity contribution in [2.24, 2.45) is 0 Å². The quantitative estimate of drug-likeness (QED) is 0.840. The third-order valence-electron chi connectivity index (χ3n) is 2.18. The number of carbonyl (C=O) groups is 1. The second-order valence-corrected chi connectivity index (χ2v) is 6.06. The molecular weight excluding hydrogens is 264 g/mol. The van der Waals surface area contributed by atoms with Gasteiger partial charge in [0, 0.05) is 31.7 Å². The lowest BCUT2D eigenvalue weighted by atomic mass is 10.2. The lowest BCUT2D eigenvalue weighted by Gasteiger charge is -2.20. The molecule has 1 N–H and O–H groups in total. The Hall–Kier alpha value is -1.37. The maximum atomic E-state index is 11.4. The van der Waals surface area contributed by atoms with E-state index in [1.54, 1.807) is 0 Å². The number of aryl methyl sites for hydroxylation is 1. The zero-order valence-corrected chi connectivity index (χ0v) is 13.0. The molecule has 19 heavy (non-hydrogen) atoms. The van der Waals surface area contributed by atoms with Crippen molar-refractivity contribution in [3.63, 3.8) is 0 Å². The largest absolute Gasteiger partial charge is 0.444 e. The van der Waals surface area contributed by atoms with E-state index in [0.29, 0.717) is 6.54 Å². The molecule has 0 atom stereocenters. The smallest absolute Gasteiger partial charge is 0.407 e. The van der Waals surface area contributed by atoms with Crippen molar-refractivity contribution in [3.8, 4) is 0 Å². The van der Waals surface area contributed by atoms with Crippen LogP contribution in [0.15, 0.2) is 0 Å². The zero-order chi connectivity index (χ0) is 14.5. The third kappa shape index (κ3) is 6.37. The Bertz CT molecular complexity index is 414. The molecule has 0 saturated carbocycles. The highest BCUT2D eigenvalue weighted by Crippen LogP contribution is 2.14. The van der Waals surface area contributed by atoms with Crippen LogP contribution in [0.25, 0.3) is 0 Å². The average Bonchev–Trinajstić information content (AvgIpc) is 2.68. The van der Waals surface area contributed by atoms with Crippen molar-refractivity contribution in [1.82, 2.24) is 14.7 Å². The van der Waals surface area contributed by atoms with E-state index in [0.717, 1.165) is 23.9 Å². The van der Waals surface area contributed by atoms with Gasteiger partial charge in [0.05, 0.1) is 0 Å². The van der Waals surface area contributed by atoms with E-state index in [2.05, 4.69) is 14.7 Å². The minimum atomic E-state index is -0.453. The molecule has 0 aliphatic heterocycles. The van der Waals surface area contributed by atoms with E-state index in [4.69, 9.17) is 4.74 Å². The fourth-order valence-electron chi connectivity index (χ4n) is 1.36. The van der Waals surface area contributed by atoms with Crippen LogP contribution >= 0.6 is 11.5 Å². The van der Waals surface area contributed by atoms with Crippen molar-refractivity contribution in [2.75, 3.05) is 25.0 Å². The highest BCUT2D eigenvalue weighted by atomic mass is 32.1. The number of amides is 1. The van der Waals surface area contributed by atoms with Crippen LogP contribution in [0, 0.1) is 6.92 Å². The number of rotatable bonds is 5. The molecule has 1 aromatic rings. The summed E-state index contributed by atoms with van der Waals surface area (Å²) in [7, 11) is 1.97. The van der Waals surface area contributed by atoms with Crippen molar-refractivity contribution in [1.29, 1.82) is 0 Å². The lowest BCUT2D eigenvalue weighted by Crippen LogP contribution is -2.34. The topological polar surface area (TPSA) is 67.4 Å². The SMILES string of the molecule is Cc1nsc(N(C)CCCNC(=O)OC(C)(C)C)n1. The second-order valence-electron chi connectivity index (χ2n) is 5.33. The predicted octanol–water partition coefficient (Wildman–Crippen LogP) is 2.20. The summed E-state index contributed by atoms with van der Waals surface area (Å²) < 4.78 is 9.28. The molecule has 0 saturated heterocycles. The standard InChI is InChI=1S/C12H22N4O2S/c1-9-14-10(19-15-9)16(5)8-6-7-13-11(17)18-12(2,3)4/h6-8H2,1-5H3,(H,13,17). The molecule has 1 aromatic heterocycles. The number of nitrogens with zero attached hydrogens (tertiary/aromatic N) is 3. The molecule has 0 radical (unpaired) electrons. The van der Waals surface area contributed by atoms with Gasteiger partial charge in [0.15, 0.2) is 0 Å². The minimum Gasteiger partial charge on any atom is -0.444 e. The van der Waals surface area contributed by atoms with Crippen LogP contribution in [-0.4, -0.2) is 41.2 Å². The van der Waals surface area contributed by atoms with E-state index in [1.807, 2.05) is 39.6 Å². The van der Waals surface area contributed by atoms with Gasteiger partial charge in [-0.2, -0.15) is 4.37 Å². The summed E-state index contributed by atoms with van der Waals surface area (Å²) in [4.78, 5) is 17.7. The van der Waals surface area contributed by atoms with E-state index in [1.165, 1.54) is 11.5 Å². The van der Waals surface area contributed by atoms with E-state index < -0.39 is 5.60 Å². The normalized spacial score (nSPS) is 11.2. The molecule has 0 aliphatic rings. The number of alkyl carbamates (subject to hydrolysis) is 1. The van der Waals surface area contributed by atoms with Crippen molar-refractivity contribution >= 4 is 22.8 Å². The Labute approximate surface area is 118 Å². The molecule has 1 heterocycles. The molecule has 0 unspecified atom stereocenters. The van der Waals surface area contributed by atoms with E-state index >= 15 is 0 Å². The first-order valence-corrected chi connectivity index (χ1v) is 7.03. The van der Waals surface area contributed by atoms with E-state index in [9.17, 15) is 4.79 Å². The Morgan fingerprint density at radius 3 is 2.68 bits per heavy atom. The minimum absolute atomic E-state index is 0.373. The summed E-state index contributed by atoms with van der Waals surface area (Å²) in [5.41, 5.74) is -0.453. The number of aromatic nitrogens is 2. The zero-order valence-electron chi connectivity index (χ0n) is 12.2. The van der Waals surface area contributed by atoms with Gasteiger partial charge >= 0.3 is 6.09 Å². The molecule has 1 rings (SSSR count). The number of anilines is 1. The van der Waals surface area contributed by atoms with Gasteiger partial charge in [-0.05, 0) is 34.1 Å². The van der Waals surface area contributed by atoms with Crippen LogP contribution < -0.4 is 10.2 Å². The Balaban J connectivity index is 2.19. The summed E-state index contributed by atoms with van der Waals surface area (Å²) in [6.45, 7) is 8.80. The maximum Gasteiger partial charge on any atom is 0.407 e. The van der Waals surface area contributed by atoms with Crippen LogP contribution in [0.4, 0.5) is 9.93 Å². The Morgan fingerprint density at radius 2 is 2.16 bits per heavy atom. The van der Waals surface area contributed by atoms with Gasteiger partial charge in [0.1, 0.15) is 11.4 Å². The van der Waals surface area contributed by atoms with Gasteiger partial charge in [0.2, 0.25) is 5.13 Å². The molecule has 0 fully saturated rings. The molecule has 0 spiro atoms. The average molecular weight is 286 g/mol. The first kappa shape index (κ1) is 15.7. The Kier molecular flexibility index (Phi) is 5.53. The molecule has 0 aromatic carbocycles. The van der Waals surface area contributed by atoms with Crippen molar-refractivity contribution < 1.29 is 9.53 Å². The van der Waals surface area contributed by atoms with Crippen LogP contribution in [0.2, 0.25) is 0 Å². The highest BCUT2D eigenvalue weighted by Gasteiger charge is 2.15. The molecule has 1 amide bonds. The number of hydrogen-bond acceptors (Lipinski definition) is 6. The predicted molar refractivity (Wildman–Crippen MR) is 76.8 cm³/mol. The maximum absolute atomic E-state index is 11.4. The van der Waals surface area contributed by atoms with Gasteiger partial charge in [-0.25, -0.2) is 9.78 Å². The van der Waals surface area contributed by atoms with Crippen LogP contribution in [0.5, 0.6) is 0 Å². The summed E-state index contributed by atoms with van der Waals surface area (Å²) >= 11 is 1.38. The first-order valence-electron chi connectivity index (χ1n) is 6.26. The molecule has 0 aliphatic carbocycles. The van der Waals surface area contributed by atoms with Gasteiger partial charge < -0.3 is 15.0 Å². The highest BCUT2D eigenvalue weighted by molar-refractivity contribution is 7.09. The fraction of sp³-hybridized carbons (Fsp3) is 0.750. The van der Waals surface area contributed by atoms with Gasteiger partial charge in [-0.1, -0.05) is 0 Å². The molecule has 0 bridgehead atoms. The number of carbonyl (C=O) groups excluding carboxylic acids is 1. The molecule has 108 valence electrons. The summed E-state index contributed by atoms with van der Waals surface area (Å²) in [5.74, 6) is 0.790. The summed E-state index contributed by atoms with van der Waals surface area (Å²) in [5, 5.41) is 3.63. The fourth-order valence-corrected chi connectivity index (χ4v) is 2.02. The molecule has 7 heteroatoms. The van der Waals surface area contributed by atoms with Crippen molar-refractivity contribution in [2.45, 2.75) is 39.7 Å². The summed E-state index contributed by atoms with van der Waals surface area (Å²) in [6.07, 6.45) is 0.455.